The second kappa shape index (κ2) is 4.13. The minimum atomic E-state index is -0.471. The Morgan fingerprint density at radius 3 is 2.57 bits per heavy atom. The van der Waals surface area contributed by atoms with E-state index >= 15 is 0 Å². The number of carbonyl (C=O) groups excluding carboxylic acids is 1. The maximum atomic E-state index is 11.2. The standard InChI is InChI=1S/C11H12NO2/c13-11(12-9-5-4-6-9)14-10-7-2-1-3-8-10/h1-3,7-9H,4-6H2. The van der Waals surface area contributed by atoms with Crippen molar-refractivity contribution in [3.8, 4) is 5.75 Å². The molecule has 3 nitrogen and oxygen atoms in total. The van der Waals surface area contributed by atoms with Gasteiger partial charge in [-0.1, -0.05) is 18.2 Å². The van der Waals surface area contributed by atoms with Gasteiger partial charge in [-0.25, -0.2) is 10.1 Å². The van der Waals surface area contributed by atoms with Gasteiger partial charge in [-0.3, -0.25) is 0 Å². The molecule has 0 aromatic heterocycles. The van der Waals surface area contributed by atoms with Gasteiger partial charge in [-0.2, -0.15) is 0 Å². The van der Waals surface area contributed by atoms with Crippen molar-refractivity contribution in [1.29, 1.82) is 0 Å². The molecule has 1 amide bonds. The summed E-state index contributed by atoms with van der Waals surface area (Å²) in [7, 11) is 0. The molecule has 1 aliphatic carbocycles. The Morgan fingerprint density at radius 2 is 2.00 bits per heavy atom. The van der Waals surface area contributed by atoms with Gasteiger partial charge in [0, 0.05) is 0 Å². The summed E-state index contributed by atoms with van der Waals surface area (Å²) in [5.41, 5.74) is 0. The summed E-state index contributed by atoms with van der Waals surface area (Å²) in [6.45, 7) is 0. The van der Waals surface area contributed by atoms with E-state index in [2.05, 4.69) is 5.32 Å². The highest BCUT2D eigenvalue weighted by molar-refractivity contribution is 5.70. The topological polar surface area (TPSA) is 40.4 Å². The van der Waals surface area contributed by atoms with Gasteiger partial charge in [-0.05, 0) is 31.4 Å². The minimum Gasteiger partial charge on any atom is -0.409 e. The van der Waals surface area contributed by atoms with Gasteiger partial charge in [0.25, 0.3) is 0 Å². The van der Waals surface area contributed by atoms with E-state index in [1.54, 1.807) is 12.1 Å². The number of carbonyl (C=O) groups is 1. The normalized spacial score (nSPS) is 15.7. The Balaban J connectivity index is 1.82. The van der Waals surface area contributed by atoms with Gasteiger partial charge in [-0.15, -0.1) is 0 Å². The van der Waals surface area contributed by atoms with Crippen LogP contribution in [-0.2, 0) is 0 Å². The van der Waals surface area contributed by atoms with E-state index in [-0.39, 0.29) is 6.04 Å². The summed E-state index contributed by atoms with van der Waals surface area (Å²) in [5, 5.41) is 3.92. The quantitative estimate of drug-likeness (QED) is 0.718. The average Bonchev–Trinajstić information content (AvgIpc) is 2.13. The molecule has 0 heterocycles. The maximum absolute atomic E-state index is 11.2. The van der Waals surface area contributed by atoms with E-state index in [4.69, 9.17) is 4.74 Å². The zero-order chi connectivity index (χ0) is 9.80. The molecule has 1 aromatic rings. The number of hydrogen-bond donors (Lipinski definition) is 0. The summed E-state index contributed by atoms with van der Waals surface area (Å²) >= 11 is 0. The Labute approximate surface area is 83.1 Å². The molecule has 0 N–H and O–H groups in total. The van der Waals surface area contributed by atoms with E-state index in [9.17, 15) is 4.79 Å². The van der Waals surface area contributed by atoms with Crippen molar-refractivity contribution >= 4 is 6.09 Å². The van der Waals surface area contributed by atoms with Gasteiger partial charge < -0.3 is 4.74 Å². The molecule has 1 aliphatic rings. The Bertz CT molecular complexity index is 306. The van der Waals surface area contributed by atoms with E-state index < -0.39 is 6.09 Å². The number of hydrogen-bond acceptors (Lipinski definition) is 2. The molecule has 1 saturated carbocycles. The lowest BCUT2D eigenvalue weighted by atomic mass is 9.93. The molecule has 0 unspecified atom stereocenters. The first-order chi connectivity index (χ1) is 6.84. The summed E-state index contributed by atoms with van der Waals surface area (Å²) < 4.78 is 5.02. The Kier molecular flexibility index (Phi) is 2.68. The predicted octanol–water partition coefficient (Wildman–Crippen LogP) is 2.34. The van der Waals surface area contributed by atoms with Crippen LogP contribution in [0.4, 0.5) is 4.79 Å². The van der Waals surface area contributed by atoms with E-state index in [1.807, 2.05) is 18.2 Å². The highest BCUT2D eigenvalue weighted by atomic mass is 16.6. The Hall–Kier alpha value is -1.51. The highest BCUT2D eigenvalue weighted by Gasteiger charge is 2.22. The summed E-state index contributed by atoms with van der Waals surface area (Å²) in [6, 6.07) is 9.21. The van der Waals surface area contributed by atoms with Crippen LogP contribution in [0.25, 0.3) is 0 Å². The smallest absolute Gasteiger partial charge is 0.409 e. The second-order valence-electron chi connectivity index (χ2n) is 3.39. The second-order valence-corrected chi connectivity index (χ2v) is 3.39. The molecular weight excluding hydrogens is 178 g/mol. The van der Waals surface area contributed by atoms with E-state index in [1.165, 1.54) is 6.42 Å². The van der Waals surface area contributed by atoms with Crippen LogP contribution in [0.2, 0.25) is 0 Å². The van der Waals surface area contributed by atoms with E-state index in [0.717, 1.165) is 12.8 Å². The van der Waals surface area contributed by atoms with Gasteiger partial charge in [0.05, 0.1) is 6.04 Å². The molecule has 0 atom stereocenters. The molecule has 14 heavy (non-hydrogen) atoms. The third-order valence-corrected chi connectivity index (χ3v) is 2.31. The summed E-state index contributed by atoms with van der Waals surface area (Å²) in [5.74, 6) is 0.556. The van der Waals surface area contributed by atoms with Crippen LogP contribution in [0.3, 0.4) is 0 Å². The highest BCUT2D eigenvalue weighted by Crippen LogP contribution is 2.19. The lowest BCUT2D eigenvalue weighted by molar-refractivity contribution is 0.186. The number of rotatable bonds is 2. The van der Waals surface area contributed by atoms with Crippen LogP contribution in [0.5, 0.6) is 5.75 Å². The number of amides is 1. The molecule has 1 aromatic carbocycles. The van der Waals surface area contributed by atoms with Gasteiger partial charge in [0.1, 0.15) is 5.75 Å². The summed E-state index contributed by atoms with van der Waals surface area (Å²) in [6.07, 6.45) is 2.74. The maximum Gasteiger partial charge on any atom is 0.434 e. The number of para-hydroxylation sites is 1. The van der Waals surface area contributed by atoms with Gasteiger partial charge in [0.15, 0.2) is 0 Å². The fourth-order valence-electron chi connectivity index (χ4n) is 1.28. The van der Waals surface area contributed by atoms with Crippen LogP contribution in [0.1, 0.15) is 19.3 Å². The number of ether oxygens (including phenoxy) is 1. The van der Waals surface area contributed by atoms with Crippen LogP contribution < -0.4 is 10.1 Å². The van der Waals surface area contributed by atoms with Crippen molar-refractivity contribution in [1.82, 2.24) is 5.32 Å². The largest absolute Gasteiger partial charge is 0.434 e. The Morgan fingerprint density at radius 1 is 1.29 bits per heavy atom. The number of nitrogens with zero attached hydrogens (tertiary/aromatic N) is 1. The molecule has 0 saturated heterocycles. The third-order valence-electron chi connectivity index (χ3n) is 2.31. The zero-order valence-corrected chi connectivity index (χ0v) is 7.85. The molecule has 0 spiro atoms. The lowest BCUT2D eigenvalue weighted by Crippen LogP contribution is -2.35. The minimum absolute atomic E-state index is 0.200. The van der Waals surface area contributed by atoms with Crippen molar-refractivity contribution < 1.29 is 9.53 Å². The molecule has 3 heteroatoms. The number of benzene rings is 1. The first-order valence-electron chi connectivity index (χ1n) is 4.82. The average molecular weight is 190 g/mol. The zero-order valence-electron chi connectivity index (χ0n) is 7.85. The molecule has 73 valence electrons. The van der Waals surface area contributed by atoms with Crippen LogP contribution in [0, 0.1) is 0 Å². The van der Waals surface area contributed by atoms with Crippen molar-refractivity contribution in [3.05, 3.63) is 30.3 Å². The molecular formula is C11H12NO2. The first-order valence-corrected chi connectivity index (χ1v) is 4.82. The molecule has 1 fully saturated rings. The first kappa shape index (κ1) is 9.06. The molecule has 0 bridgehead atoms. The predicted molar refractivity (Wildman–Crippen MR) is 52.2 cm³/mol. The van der Waals surface area contributed by atoms with Gasteiger partial charge >= 0.3 is 6.09 Å². The van der Waals surface area contributed by atoms with Crippen molar-refractivity contribution in [2.75, 3.05) is 0 Å². The third kappa shape index (κ3) is 2.25. The summed E-state index contributed by atoms with van der Waals surface area (Å²) in [4.78, 5) is 11.2. The molecule has 1 radical (unpaired) electrons. The van der Waals surface area contributed by atoms with Crippen LogP contribution in [0.15, 0.2) is 30.3 Å². The molecule has 2 rings (SSSR count). The molecule has 0 aliphatic heterocycles. The van der Waals surface area contributed by atoms with Crippen LogP contribution in [-0.4, -0.2) is 12.1 Å². The van der Waals surface area contributed by atoms with Crippen molar-refractivity contribution in [2.45, 2.75) is 25.3 Å². The van der Waals surface area contributed by atoms with Crippen LogP contribution >= 0.6 is 0 Å². The van der Waals surface area contributed by atoms with Crippen molar-refractivity contribution in [3.63, 3.8) is 0 Å². The monoisotopic (exact) mass is 190 g/mol. The lowest BCUT2D eigenvalue weighted by Gasteiger charge is -2.23. The van der Waals surface area contributed by atoms with Crippen molar-refractivity contribution in [2.24, 2.45) is 0 Å². The fourth-order valence-corrected chi connectivity index (χ4v) is 1.28. The fraction of sp³-hybridized carbons (Fsp3) is 0.364. The van der Waals surface area contributed by atoms with E-state index in [0.29, 0.717) is 5.75 Å². The SMILES string of the molecule is O=C([N]C1CCC1)Oc1ccccc1. The van der Waals surface area contributed by atoms with Gasteiger partial charge in [0.2, 0.25) is 0 Å².